The molecule has 0 aliphatic carbocycles. The van der Waals surface area contributed by atoms with E-state index in [0.717, 1.165) is 27.6 Å². The van der Waals surface area contributed by atoms with Gasteiger partial charge >= 0.3 is 0 Å². The Balaban J connectivity index is 2.91. The summed E-state index contributed by atoms with van der Waals surface area (Å²) in [5.74, 6) is 0.194. The van der Waals surface area contributed by atoms with Gasteiger partial charge in [-0.15, -0.1) is 0 Å². The second kappa shape index (κ2) is 5.18. The number of ketones is 1. The molecule has 0 aliphatic heterocycles. The minimum atomic E-state index is 0.0424. The first-order valence-electron chi connectivity index (χ1n) is 7.49. The molecule has 0 N–H and O–H groups in total. The van der Waals surface area contributed by atoms with Crippen LogP contribution in [0.15, 0.2) is 24.9 Å². The van der Waals surface area contributed by atoms with Crippen molar-refractivity contribution in [2.45, 2.75) is 46.5 Å². The molecule has 21 heavy (non-hydrogen) atoms. The van der Waals surface area contributed by atoms with Crippen molar-refractivity contribution in [1.82, 2.24) is 4.57 Å². The minimum Gasteiger partial charge on any atom is -0.349 e. The van der Waals surface area contributed by atoms with Crippen LogP contribution in [0.1, 0.15) is 62.5 Å². The van der Waals surface area contributed by atoms with E-state index in [1.807, 2.05) is 27.1 Å². The van der Waals surface area contributed by atoms with Gasteiger partial charge in [0.15, 0.2) is 5.78 Å². The van der Waals surface area contributed by atoms with E-state index in [-0.39, 0.29) is 11.2 Å². The van der Waals surface area contributed by atoms with Gasteiger partial charge in [0, 0.05) is 36.2 Å². The van der Waals surface area contributed by atoms with E-state index in [2.05, 4.69) is 44.0 Å². The third-order valence-electron chi connectivity index (χ3n) is 4.02. The zero-order chi connectivity index (χ0) is 15.9. The highest BCUT2D eigenvalue weighted by Crippen LogP contribution is 2.34. The highest BCUT2D eigenvalue weighted by atomic mass is 16.1. The quantitative estimate of drug-likeness (QED) is 0.718. The predicted molar refractivity (Wildman–Crippen MR) is 90.9 cm³/mol. The average molecular weight is 283 g/mol. The van der Waals surface area contributed by atoms with Crippen molar-refractivity contribution in [2.75, 3.05) is 0 Å². The molecule has 0 fully saturated rings. The molecule has 0 atom stereocenters. The molecule has 1 heterocycles. The average Bonchev–Trinajstić information content (AvgIpc) is 2.73. The second-order valence-corrected chi connectivity index (χ2v) is 6.88. The Kier molecular flexibility index (Phi) is 3.83. The summed E-state index contributed by atoms with van der Waals surface area (Å²) in [4.78, 5) is 12.2. The molecule has 0 aliphatic rings. The standard InChI is InChI=1S/C19H25NO/c1-8-17(21)16-11-20(7)18-14(12(2)3)9-13(10-15(16)18)19(4,5)6/h9-11H,2,8H2,1,3-7H3. The first-order chi connectivity index (χ1) is 9.66. The number of rotatable bonds is 3. The molecule has 0 saturated carbocycles. The van der Waals surface area contributed by atoms with Crippen molar-refractivity contribution in [3.05, 3.63) is 41.6 Å². The summed E-state index contributed by atoms with van der Waals surface area (Å²) in [5.41, 5.74) is 5.37. The highest BCUT2D eigenvalue weighted by molar-refractivity contribution is 6.10. The second-order valence-electron chi connectivity index (χ2n) is 6.88. The van der Waals surface area contributed by atoms with Gasteiger partial charge in [0.25, 0.3) is 0 Å². The Morgan fingerprint density at radius 2 is 1.86 bits per heavy atom. The van der Waals surface area contributed by atoms with Crippen molar-refractivity contribution in [1.29, 1.82) is 0 Å². The summed E-state index contributed by atoms with van der Waals surface area (Å²) in [6.07, 6.45) is 2.48. The van der Waals surface area contributed by atoms with Crippen molar-refractivity contribution >= 4 is 22.3 Å². The van der Waals surface area contributed by atoms with Gasteiger partial charge in [-0.1, -0.05) is 34.3 Å². The molecule has 2 rings (SSSR count). The van der Waals surface area contributed by atoms with Gasteiger partial charge in [-0.05, 0) is 35.6 Å². The lowest BCUT2D eigenvalue weighted by molar-refractivity contribution is 0.0989. The maximum absolute atomic E-state index is 12.2. The first-order valence-corrected chi connectivity index (χ1v) is 7.49. The maximum Gasteiger partial charge on any atom is 0.164 e. The fourth-order valence-electron chi connectivity index (χ4n) is 2.72. The smallest absolute Gasteiger partial charge is 0.164 e. The SMILES string of the molecule is C=C(C)c1cc(C(C)(C)C)cc2c(C(=O)CC)cn(C)c12. The van der Waals surface area contributed by atoms with Crippen molar-refractivity contribution in [2.24, 2.45) is 7.05 Å². The Labute approximate surface area is 127 Å². The van der Waals surface area contributed by atoms with Crippen LogP contribution in [0.5, 0.6) is 0 Å². The zero-order valence-electron chi connectivity index (χ0n) is 14.0. The van der Waals surface area contributed by atoms with Gasteiger partial charge in [-0.3, -0.25) is 4.79 Å². The lowest BCUT2D eigenvalue weighted by Crippen LogP contribution is -2.11. The molecule has 0 saturated heterocycles. The number of allylic oxidation sites excluding steroid dienone is 1. The number of aromatic nitrogens is 1. The predicted octanol–water partition coefficient (Wildman–Crippen LogP) is 5.10. The number of carbonyl (C=O) groups excluding carboxylic acids is 1. The van der Waals surface area contributed by atoms with Crippen LogP contribution >= 0.6 is 0 Å². The van der Waals surface area contributed by atoms with Crippen LogP contribution in [-0.2, 0) is 12.5 Å². The highest BCUT2D eigenvalue weighted by Gasteiger charge is 2.21. The zero-order valence-corrected chi connectivity index (χ0v) is 14.0. The van der Waals surface area contributed by atoms with Crippen LogP contribution in [0.4, 0.5) is 0 Å². The third-order valence-corrected chi connectivity index (χ3v) is 4.02. The number of carbonyl (C=O) groups is 1. The molecule has 0 spiro atoms. The van der Waals surface area contributed by atoms with Crippen molar-refractivity contribution < 1.29 is 4.79 Å². The Bertz CT molecular complexity index is 726. The van der Waals surface area contributed by atoms with Gasteiger partial charge < -0.3 is 4.57 Å². The number of hydrogen-bond donors (Lipinski definition) is 0. The Morgan fingerprint density at radius 1 is 1.24 bits per heavy atom. The van der Waals surface area contributed by atoms with E-state index in [1.54, 1.807) is 0 Å². The first kappa shape index (κ1) is 15.6. The topological polar surface area (TPSA) is 22.0 Å². The molecule has 0 amide bonds. The fraction of sp³-hybridized carbons (Fsp3) is 0.421. The number of Topliss-reactive ketones (excluding diaryl/α,β-unsaturated/α-hetero) is 1. The van der Waals surface area contributed by atoms with Gasteiger partial charge in [-0.25, -0.2) is 0 Å². The summed E-state index contributed by atoms with van der Waals surface area (Å²) >= 11 is 0. The van der Waals surface area contributed by atoms with Crippen LogP contribution in [-0.4, -0.2) is 10.4 Å². The molecule has 0 radical (unpaired) electrons. The van der Waals surface area contributed by atoms with E-state index < -0.39 is 0 Å². The van der Waals surface area contributed by atoms with Crippen LogP contribution in [0.2, 0.25) is 0 Å². The van der Waals surface area contributed by atoms with E-state index in [9.17, 15) is 4.79 Å². The lowest BCUT2D eigenvalue weighted by atomic mass is 9.84. The number of aryl methyl sites for hydroxylation is 1. The molecule has 0 unspecified atom stereocenters. The number of benzene rings is 1. The summed E-state index contributed by atoms with van der Waals surface area (Å²) in [7, 11) is 2.00. The molecule has 0 bridgehead atoms. The van der Waals surface area contributed by atoms with Gasteiger partial charge in [0.05, 0.1) is 5.52 Å². The van der Waals surface area contributed by atoms with Gasteiger partial charge in [-0.2, -0.15) is 0 Å². The molecule has 2 heteroatoms. The van der Waals surface area contributed by atoms with E-state index in [1.165, 1.54) is 5.56 Å². The lowest BCUT2D eigenvalue weighted by Gasteiger charge is -2.21. The third kappa shape index (κ3) is 2.67. The van der Waals surface area contributed by atoms with E-state index in [4.69, 9.17) is 0 Å². The van der Waals surface area contributed by atoms with Crippen LogP contribution in [0.3, 0.4) is 0 Å². The maximum atomic E-state index is 12.2. The van der Waals surface area contributed by atoms with Gasteiger partial charge in [0.1, 0.15) is 0 Å². The van der Waals surface area contributed by atoms with E-state index >= 15 is 0 Å². The monoisotopic (exact) mass is 283 g/mol. The molecular weight excluding hydrogens is 258 g/mol. The molecular formula is C19H25NO. The molecule has 1 aromatic carbocycles. The molecule has 2 aromatic rings. The summed E-state index contributed by atoms with van der Waals surface area (Å²) < 4.78 is 2.05. The number of nitrogens with zero attached hydrogens (tertiary/aromatic N) is 1. The molecule has 1 aromatic heterocycles. The van der Waals surface area contributed by atoms with Crippen LogP contribution < -0.4 is 0 Å². The summed E-state index contributed by atoms with van der Waals surface area (Å²) in [6, 6.07) is 4.38. The molecule has 112 valence electrons. The van der Waals surface area contributed by atoms with Crippen molar-refractivity contribution in [3.63, 3.8) is 0 Å². The summed E-state index contributed by atoms with van der Waals surface area (Å²) in [6.45, 7) is 14.6. The van der Waals surface area contributed by atoms with Crippen LogP contribution in [0, 0.1) is 0 Å². The number of fused-ring (bicyclic) bond motifs is 1. The Morgan fingerprint density at radius 3 is 2.33 bits per heavy atom. The fourth-order valence-corrected chi connectivity index (χ4v) is 2.72. The Hall–Kier alpha value is -1.83. The minimum absolute atomic E-state index is 0.0424. The molecule has 2 nitrogen and oxygen atoms in total. The summed E-state index contributed by atoms with van der Waals surface area (Å²) in [5, 5.41) is 1.05. The normalized spacial score (nSPS) is 11.9. The number of hydrogen-bond acceptors (Lipinski definition) is 1. The largest absolute Gasteiger partial charge is 0.349 e. The van der Waals surface area contributed by atoms with Gasteiger partial charge in [0.2, 0.25) is 0 Å². The van der Waals surface area contributed by atoms with Crippen molar-refractivity contribution in [3.8, 4) is 0 Å². The van der Waals surface area contributed by atoms with E-state index in [0.29, 0.717) is 6.42 Å². The van der Waals surface area contributed by atoms with Crippen LogP contribution in [0.25, 0.3) is 16.5 Å².